The number of carbonyl (C=O) groups excluding carboxylic acids is 1. The van der Waals surface area contributed by atoms with Gasteiger partial charge in [-0.25, -0.2) is 0 Å². The van der Waals surface area contributed by atoms with Gasteiger partial charge in [0.25, 0.3) is 0 Å². The lowest BCUT2D eigenvalue weighted by molar-refractivity contribution is -0.148. The van der Waals surface area contributed by atoms with Crippen LogP contribution in [-0.2, 0) is 35.0 Å². The quantitative estimate of drug-likeness (QED) is 0.333. The Bertz CT molecular complexity index is 924. The third-order valence-corrected chi connectivity index (χ3v) is 5.38. The molecule has 1 atom stereocenters. The first-order valence-electron chi connectivity index (χ1n) is 11.1. The molecule has 32 heavy (non-hydrogen) atoms. The summed E-state index contributed by atoms with van der Waals surface area (Å²) in [5.41, 5.74) is 2.21. The largest absolute Gasteiger partial charge is 0.493 e. The molecule has 1 aliphatic carbocycles. The Morgan fingerprint density at radius 3 is 2.47 bits per heavy atom. The Morgan fingerprint density at radius 2 is 1.75 bits per heavy atom. The van der Waals surface area contributed by atoms with E-state index < -0.39 is 11.7 Å². The molecule has 0 radical (unpaired) electrons. The van der Waals surface area contributed by atoms with Gasteiger partial charge in [0.05, 0.1) is 18.8 Å². The molecule has 0 aromatic heterocycles. The Labute approximate surface area is 186 Å². The molecule has 0 bridgehead atoms. The number of aryl methyl sites for hydroxylation is 1. The average molecular weight is 450 g/mol. The zero-order valence-electron chi connectivity index (χ0n) is 18.5. The summed E-state index contributed by atoms with van der Waals surface area (Å²) in [5.74, 6) is 1.05. The third-order valence-electron chi connectivity index (χ3n) is 5.38. The molecule has 0 aliphatic heterocycles. The van der Waals surface area contributed by atoms with Crippen LogP contribution in [0.25, 0.3) is 0 Å². The lowest BCUT2D eigenvalue weighted by atomic mass is 10.1. The van der Waals surface area contributed by atoms with E-state index in [1.807, 2.05) is 25.1 Å². The summed E-state index contributed by atoms with van der Waals surface area (Å²) in [6, 6.07) is 9.51. The normalized spacial score (nSPS) is 15.3. The van der Waals surface area contributed by atoms with Crippen LogP contribution in [0.2, 0.25) is 0 Å². The molecule has 174 valence electrons. The first kappa shape index (κ1) is 24.0. The van der Waals surface area contributed by atoms with Crippen LogP contribution in [0.15, 0.2) is 36.4 Å². The summed E-state index contributed by atoms with van der Waals surface area (Å²) in [6.45, 7) is 4.48. The molecule has 1 aliphatic rings. The summed E-state index contributed by atoms with van der Waals surface area (Å²) in [4.78, 5) is 11.5. The standard InChI is InChI=1S/C25H29F3O4/c1-3-6-18-13-20(25(26,27)28)8-10-23(18)31-12-5-11-30-21-9-7-17-14-22(16-19(17)15-21)32-24(29)4-2/h7-10,13,15,22H,3-6,11-12,14,16H2,1-2H3/t22-/m0/s1. The van der Waals surface area contributed by atoms with Gasteiger partial charge in [-0.05, 0) is 53.4 Å². The average Bonchev–Trinajstić information content (AvgIpc) is 3.15. The van der Waals surface area contributed by atoms with E-state index in [9.17, 15) is 18.0 Å². The van der Waals surface area contributed by atoms with Crippen LogP contribution < -0.4 is 9.47 Å². The lowest BCUT2D eigenvalue weighted by Crippen LogP contribution is -2.17. The second-order valence-corrected chi connectivity index (χ2v) is 7.92. The summed E-state index contributed by atoms with van der Waals surface area (Å²) >= 11 is 0. The number of rotatable bonds is 10. The highest BCUT2D eigenvalue weighted by Crippen LogP contribution is 2.33. The van der Waals surface area contributed by atoms with Gasteiger partial charge in [-0.2, -0.15) is 13.2 Å². The minimum Gasteiger partial charge on any atom is -0.493 e. The van der Waals surface area contributed by atoms with Crippen molar-refractivity contribution in [2.45, 2.75) is 64.7 Å². The molecule has 4 nitrogen and oxygen atoms in total. The fourth-order valence-electron chi connectivity index (χ4n) is 3.79. The van der Waals surface area contributed by atoms with Gasteiger partial charge < -0.3 is 14.2 Å². The highest BCUT2D eigenvalue weighted by atomic mass is 19.4. The summed E-state index contributed by atoms with van der Waals surface area (Å²) in [5, 5.41) is 0. The van der Waals surface area contributed by atoms with Crippen LogP contribution in [0.5, 0.6) is 11.5 Å². The van der Waals surface area contributed by atoms with Gasteiger partial charge in [0.15, 0.2) is 0 Å². The molecule has 2 aromatic rings. The molecular formula is C25H29F3O4. The van der Waals surface area contributed by atoms with Crippen molar-refractivity contribution in [3.05, 3.63) is 58.7 Å². The maximum Gasteiger partial charge on any atom is 0.416 e. The smallest absolute Gasteiger partial charge is 0.416 e. The minimum atomic E-state index is -4.36. The Kier molecular flexibility index (Phi) is 8.04. The van der Waals surface area contributed by atoms with Crippen LogP contribution in [0.4, 0.5) is 13.2 Å². The number of carbonyl (C=O) groups is 1. The van der Waals surface area contributed by atoms with Crippen molar-refractivity contribution in [2.75, 3.05) is 13.2 Å². The fourth-order valence-corrected chi connectivity index (χ4v) is 3.79. The molecule has 7 heteroatoms. The number of ether oxygens (including phenoxy) is 3. The summed E-state index contributed by atoms with van der Waals surface area (Å²) in [7, 11) is 0. The highest BCUT2D eigenvalue weighted by Gasteiger charge is 2.31. The van der Waals surface area contributed by atoms with E-state index in [-0.39, 0.29) is 12.1 Å². The number of halogens is 3. The van der Waals surface area contributed by atoms with E-state index in [4.69, 9.17) is 14.2 Å². The van der Waals surface area contributed by atoms with E-state index in [0.29, 0.717) is 50.2 Å². The molecule has 2 aromatic carbocycles. The van der Waals surface area contributed by atoms with Crippen molar-refractivity contribution < 1.29 is 32.2 Å². The maximum atomic E-state index is 13.0. The number of alkyl halides is 3. The second-order valence-electron chi connectivity index (χ2n) is 7.92. The maximum absolute atomic E-state index is 13.0. The monoisotopic (exact) mass is 450 g/mol. The van der Waals surface area contributed by atoms with Gasteiger partial charge >= 0.3 is 12.1 Å². The fraction of sp³-hybridized carbons (Fsp3) is 0.480. The molecule has 0 unspecified atom stereocenters. The third kappa shape index (κ3) is 6.40. The SMILES string of the molecule is CCCc1cc(C(F)(F)F)ccc1OCCCOc1ccc2c(c1)C[C@@H](OC(=O)CC)C2. The van der Waals surface area contributed by atoms with Gasteiger partial charge in [-0.3, -0.25) is 4.79 Å². The molecule has 0 spiro atoms. The van der Waals surface area contributed by atoms with Crippen molar-refractivity contribution in [1.29, 1.82) is 0 Å². The Balaban J connectivity index is 1.47. The molecule has 0 heterocycles. The Hall–Kier alpha value is -2.70. The number of benzene rings is 2. The van der Waals surface area contributed by atoms with Gasteiger partial charge in [-0.15, -0.1) is 0 Å². The molecule has 0 amide bonds. The van der Waals surface area contributed by atoms with Crippen LogP contribution in [0.1, 0.15) is 55.4 Å². The number of hydrogen-bond acceptors (Lipinski definition) is 4. The first-order chi connectivity index (χ1) is 15.3. The van der Waals surface area contributed by atoms with Crippen molar-refractivity contribution in [3.63, 3.8) is 0 Å². The predicted molar refractivity (Wildman–Crippen MR) is 115 cm³/mol. The van der Waals surface area contributed by atoms with Gasteiger partial charge in [0, 0.05) is 25.7 Å². The van der Waals surface area contributed by atoms with Crippen LogP contribution in [0, 0.1) is 0 Å². The van der Waals surface area contributed by atoms with Crippen molar-refractivity contribution in [3.8, 4) is 11.5 Å². The molecule has 0 saturated carbocycles. The van der Waals surface area contributed by atoms with Crippen molar-refractivity contribution in [2.24, 2.45) is 0 Å². The predicted octanol–water partition coefficient (Wildman–Crippen LogP) is 5.93. The number of esters is 1. The molecule has 3 rings (SSSR count). The first-order valence-corrected chi connectivity index (χ1v) is 11.1. The van der Waals surface area contributed by atoms with Crippen LogP contribution in [0.3, 0.4) is 0 Å². The summed E-state index contributed by atoms with van der Waals surface area (Å²) in [6.07, 6.45) is -0.824. The number of hydrogen-bond donors (Lipinski definition) is 0. The molecular weight excluding hydrogens is 421 g/mol. The van der Waals surface area contributed by atoms with E-state index >= 15 is 0 Å². The highest BCUT2D eigenvalue weighted by molar-refractivity contribution is 5.69. The molecule has 0 N–H and O–H groups in total. The second kappa shape index (κ2) is 10.7. The minimum absolute atomic E-state index is 0.109. The zero-order chi connectivity index (χ0) is 23.1. The van der Waals surface area contributed by atoms with Crippen molar-refractivity contribution >= 4 is 5.97 Å². The van der Waals surface area contributed by atoms with E-state index in [1.165, 1.54) is 17.7 Å². The van der Waals surface area contributed by atoms with E-state index in [1.54, 1.807) is 6.92 Å². The topological polar surface area (TPSA) is 44.8 Å². The molecule has 0 fully saturated rings. The Morgan fingerprint density at radius 1 is 1.00 bits per heavy atom. The van der Waals surface area contributed by atoms with Gasteiger partial charge in [-0.1, -0.05) is 26.3 Å². The zero-order valence-corrected chi connectivity index (χ0v) is 18.5. The van der Waals surface area contributed by atoms with Gasteiger partial charge in [0.2, 0.25) is 0 Å². The van der Waals surface area contributed by atoms with Gasteiger partial charge in [0.1, 0.15) is 17.6 Å². The summed E-state index contributed by atoms with van der Waals surface area (Å²) < 4.78 is 55.8. The van der Waals surface area contributed by atoms with Crippen LogP contribution >= 0.6 is 0 Å². The van der Waals surface area contributed by atoms with E-state index in [2.05, 4.69) is 0 Å². The van der Waals surface area contributed by atoms with E-state index in [0.717, 1.165) is 30.2 Å². The lowest BCUT2D eigenvalue weighted by Gasteiger charge is -2.14. The number of fused-ring (bicyclic) bond motifs is 1. The van der Waals surface area contributed by atoms with Crippen molar-refractivity contribution in [1.82, 2.24) is 0 Å². The van der Waals surface area contributed by atoms with Crippen LogP contribution in [-0.4, -0.2) is 25.3 Å². The molecule has 0 saturated heterocycles.